The molecule has 0 bridgehead atoms. The third-order valence-corrected chi connectivity index (χ3v) is 2.60. The highest BCUT2D eigenvalue weighted by atomic mass is 16.3. The van der Waals surface area contributed by atoms with Crippen LogP contribution in [0, 0.1) is 4.91 Å². The van der Waals surface area contributed by atoms with Crippen molar-refractivity contribution in [3.63, 3.8) is 0 Å². The first-order valence-corrected chi connectivity index (χ1v) is 4.35. The van der Waals surface area contributed by atoms with Crippen molar-refractivity contribution in [2.24, 2.45) is 5.18 Å². The minimum absolute atomic E-state index is 0.0458. The zero-order valence-electron chi connectivity index (χ0n) is 8.00. The molecule has 2 rings (SSSR count). The average Bonchev–Trinajstić information content (AvgIpc) is 2.38. The molecule has 4 heteroatoms. The van der Waals surface area contributed by atoms with Gasteiger partial charge in [0.1, 0.15) is 5.69 Å². The van der Waals surface area contributed by atoms with E-state index in [9.17, 15) is 9.70 Å². The van der Waals surface area contributed by atoms with Gasteiger partial charge in [0.2, 0.25) is 5.91 Å². The van der Waals surface area contributed by atoms with Crippen molar-refractivity contribution >= 4 is 17.3 Å². The van der Waals surface area contributed by atoms with E-state index in [4.69, 9.17) is 0 Å². The van der Waals surface area contributed by atoms with Crippen molar-refractivity contribution in [3.05, 3.63) is 28.7 Å². The minimum atomic E-state index is -0.517. The van der Waals surface area contributed by atoms with E-state index >= 15 is 0 Å². The molecule has 1 heterocycles. The quantitative estimate of drug-likeness (QED) is 0.691. The molecule has 0 radical (unpaired) electrons. The molecule has 1 aromatic rings. The Morgan fingerprint density at radius 2 is 2.07 bits per heavy atom. The summed E-state index contributed by atoms with van der Waals surface area (Å²) < 4.78 is 0. The van der Waals surface area contributed by atoms with Gasteiger partial charge in [0, 0.05) is 5.69 Å². The largest absolute Gasteiger partial charge is 0.325 e. The molecule has 0 atom stereocenters. The van der Waals surface area contributed by atoms with Crippen LogP contribution in [-0.2, 0) is 10.2 Å². The maximum absolute atomic E-state index is 11.5. The summed E-state index contributed by atoms with van der Waals surface area (Å²) in [5.41, 5.74) is 1.42. The van der Waals surface area contributed by atoms with Crippen LogP contribution in [0.3, 0.4) is 0 Å². The molecule has 0 fully saturated rings. The first-order valence-electron chi connectivity index (χ1n) is 4.35. The number of carbonyl (C=O) groups is 1. The Balaban J connectivity index is 2.59. The Morgan fingerprint density at radius 3 is 2.71 bits per heavy atom. The van der Waals surface area contributed by atoms with Gasteiger partial charge in [-0.1, -0.05) is 6.07 Å². The number of amides is 1. The van der Waals surface area contributed by atoms with E-state index in [1.165, 1.54) is 0 Å². The fourth-order valence-corrected chi connectivity index (χ4v) is 1.64. The average molecular weight is 190 g/mol. The number of nitrogens with one attached hydrogen (secondary N) is 1. The summed E-state index contributed by atoms with van der Waals surface area (Å²) in [4.78, 5) is 21.8. The predicted octanol–water partition coefficient (Wildman–Crippen LogP) is 2.31. The van der Waals surface area contributed by atoms with Gasteiger partial charge in [-0.25, -0.2) is 0 Å². The van der Waals surface area contributed by atoms with Crippen LogP contribution < -0.4 is 5.32 Å². The lowest BCUT2D eigenvalue weighted by Crippen LogP contribution is -2.26. The topological polar surface area (TPSA) is 58.5 Å². The number of anilines is 1. The monoisotopic (exact) mass is 190 g/mol. The number of rotatable bonds is 1. The van der Waals surface area contributed by atoms with E-state index in [-0.39, 0.29) is 5.91 Å². The van der Waals surface area contributed by atoms with Crippen LogP contribution >= 0.6 is 0 Å². The van der Waals surface area contributed by atoms with Crippen molar-refractivity contribution in [1.82, 2.24) is 0 Å². The molecule has 1 aromatic carbocycles. The highest BCUT2D eigenvalue weighted by Crippen LogP contribution is 2.38. The zero-order chi connectivity index (χ0) is 10.3. The lowest BCUT2D eigenvalue weighted by Gasteiger charge is -2.14. The third-order valence-electron chi connectivity index (χ3n) is 2.60. The molecule has 0 saturated heterocycles. The van der Waals surface area contributed by atoms with E-state index in [0.29, 0.717) is 11.4 Å². The van der Waals surface area contributed by atoms with Crippen molar-refractivity contribution in [2.45, 2.75) is 19.3 Å². The molecule has 1 amide bonds. The smallest absolute Gasteiger partial charge is 0.234 e. The maximum atomic E-state index is 11.5. The van der Waals surface area contributed by atoms with E-state index in [0.717, 1.165) is 5.56 Å². The molecule has 0 aliphatic carbocycles. The molecule has 72 valence electrons. The molecule has 1 aliphatic rings. The molecular weight excluding hydrogens is 180 g/mol. The number of fused-ring (bicyclic) bond motifs is 1. The second-order valence-electron chi connectivity index (χ2n) is 3.90. The van der Waals surface area contributed by atoms with E-state index in [1.807, 2.05) is 13.8 Å². The summed E-state index contributed by atoms with van der Waals surface area (Å²) in [5.74, 6) is -0.0458. The van der Waals surface area contributed by atoms with Crippen LogP contribution in [0.15, 0.2) is 23.4 Å². The van der Waals surface area contributed by atoms with Crippen LogP contribution in [0.5, 0.6) is 0 Å². The summed E-state index contributed by atoms with van der Waals surface area (Å²) in [6.07, 6.45) is 0. The summed E-state index contributed by atoms with van der Waals surface area (Å²) in [6.45, 7) is 3.70. The summed E-state index contributed by atoms with van der Waals surface area (Å²) in [5, 5.41) is 5.54. The highest BCUT2D eigenvalue weighted by molar-refractivity contribution is 6.06. The summed E-state index contributed by atoms with van der Waals surface area (Å²) in [7, 11) is 0. The van der Waals surface area contributed by atoms with Crippen LogP contribution in [0.4, 0.5) is 11.4 Å². The molecule has 4 nitrogen and oxygen atoms in total. The van der Waals surface area contributed by atoms with Crippen LogP contribution in [0.1, 0.15) is 19.4 Å². The predicted molar refractivity (Wildman–Crippen MR) is 53.6 cm³/mol. The van der Waals surface area contributed by atoms with Gasteiger partial charge >= 0.3 is 0 Å². The van der Waals surface area contributed by atoms with Gasteiger partial charge in [-0.05, 0) is 36.7 Å². The van der Waals surface area contributed by atoms with Gasteiger partial charge in [-0.3, -0.25) is 4.79 Å². The number of hydrogen-bond acceptors (Lipinski definition) is 3. The maximum Gasteiger partial charge on any atom is 0.234 e. The summed E-state index contributed by atoms with van der Waals surface area (Å²) >= 11 is 0. The second kappa shape index (κ2) is 2.64. The lowest BCUT2D eigenvalue weighted by atomic mass is 9.86. The SMILES string of the molecule is CC1(C)C(=O)Nc2cc(N=O)ccc21. The van der Waals surface area contributed by atoms with Gasteiger partial charge in [0.05, 0.1) is 5.41 Å². The van der Waals surface area contributed by atoms with Gasteiger partial charge in [-0.2, -0.15) is 0 Å². The second-order valence-corrected chi connectivity index (χ2v) is 3.90. The third kappa shape index (κ3) is 1.04. The molecule has 0 aromatic heterocycles. The number of nitroso groups, excluding NO2 is 1. The van der Waals surface area contributed by atoms with E-state index in [2.05, 4.69) is 10.5 Å². The van der Waals surface area contributed by atoms with E-state index in [1.54, 1.807) is 18.2 Å². The fraction of sp³-hybridized carbons (Fsp3) is 0.300. The van der Waals surface area contributed by atoms with Crippen LogP contribution in [0.25, 0.3) is 0 Å². The highest BCUT2D eigenvalue weighted by Gasteiger charge is 2.38. The number of hydrogen-bond donors (Lipinski definition) is 1. The minimum Gasteiger partial charge on any atom is -0.325 e. The Morgan fingerprint density at radius 1 is 1.36 bits per heavy atom. The molecule has 0 saturated carbocycles. The number of benzene rings is 1. The molecule has 0 unspecified atom stereocenters. The Labute approximate surface area is 81.3 Å². The van der Waals surface area contributed by atoms with Crippen molar-refractivity contribution in [3.8, 4) is 0 Å². The van der Waals surface area contributed by atoms with Crippen molar-refractivity contribution in [2.75, 3.05) is 5.32 Å². The van der Waals surface area contributed by atoms with Gasteiger partial charge < -0.3 is 5.32 Å². The Hall–Kier alpha value is -1.71. The fourth-order valence-electron chi connectivity index (χ4n) is 1.64. The standard InChI is InChI=1S/C10H10N2O2/c1-10(2)7-4-3-6(12-14)5-8(7)11-9(10)13/h3-5H,1-2H3,(H,11,13). The van der Waals surface area contributed by atoms with Gasteiger partial charge in [0.25, 0.3) is 0 Å². The zero-order valence-corrected chi connectivity index (χ0v) is 8.00. The molecule has 0 spiro atoms. The van der Waals surface area contributed by atoms with Gasteiger partial charge in [0.15, 0.2) is 0 Å². The number of nitrogens with zero attached hydrogens (tertiary/aromatic N) is 1. The summed E-state index contributed by atoms with van der Waals surface area (Å²) in [6, 6.07) is 4.98. The van der Waals surface area contributed by atoms with Crippen molar-refractivity contribution < 1.29 is 4.79 Å². The van der Waals surface area contributed by atoms with Crippen molar-refractivity contribution in [1.29, 1.82) is 0 Å². The Kier molecular flexibility index (Phi) is 1.67. The molecular formula is C10H10N2O2. The first-order chi connectivity index (χ1) is 6.55. The van der Waals surface area contributed by atoms with Crippen LogP contribution in [-0.4, -0.2) is 5.91 Å². The van der Waals surface area contributed by atoms with E-state index < -0.39 is 5.41 Å². The molecule has 14 heavy (non-hydrogen) atoms. The van der Waals surface area contributed by atoms with Gasteiger partial charge in [-0.15, -0.1) is 4.91 Å². The first kappa shape index (κ1) is 8.87. The molecule has 1 N–H and O–H groups in total. The lowest BCUT2D eigenvalue weighted by molar-refractivity contribution is -0.119. The van der Waals surface area contributed by atoms with Crippen LogP contribution in [0.2, 0.25) is 0 Å². The normalized spacial score (nSPS) is 17.4. The Bertz CT molecular complexity index is 424. The molecule has 1 aliphatic heterocycles. The number of carbonyl (C=O) groups excluding carboxylic acids is 1.